The van der Waals surface area contributed by atoms with Crippen molar-refractivity contribution in [2.75, 3.05) is 0 Å². The van der Waals surface area contributed by atoms with Gasteiger partial charge in [0.05, 0.1) is 107 Å². The molecule has 0 spiro atoms. The fourth-order valence-corrected chi connectivity index (χ4v) is 26.3. The molecular weight excluding hydrogens is 1890 g/mol. The van der Waals surface area contributed by atoms with Gasteiger partial charge in [-0.1, -0.05) is 182 Å². The van der Waals surface area contributed by atoms with Gasteiger partial charge in [0.1, 0.15) is 46.3 Å². The molecule has 23 heteroatoms. The molecule has 10 aromatic carbocycles. The number of benzene rings is 10. The number of carbonyl (C=O) groups is 10. The third-order valence-electron chi connectivity index (χ3n) is 32.2. The van der Waals surface area contributed by atoms with E-state index in [1.54, 1.807) is 0 Å². The topological polar surface area (TPSA) is 337 Å². The number of carbonyl (C=O) groups excluding carboxylic acids is 10. The van der Waals surface area contributed by atoms with Gasteiger partial charge in [-0.25, -0.2) is 0 Å². The summed E-state index contributed by atoms with van der Waals surface area (Å²) in [6.07, 6.45) is 31.1. The molecule has 8 atom stereocenters. The predicted molar refractivity (Wildman–Crippen MR) is 558 cm³/mol. The summed E-state index contributed by atoms with van der Waals surface area (Å²) in [4.78, 5) is 146. The van der Waals surface area contributed by atoms with E-state index in [2.05, 4.69) is 170 Å². The van der Waals surface area contributed by atoms with Crippen LogP contribution in [0.5, 0.6) is 0 Å². The van der Waals surface area contributed by atoms with Gasteiger partial charge in [-0.2, -0.15) is 0 Å². The SMILES string of the molecule is O.O.O=C1CC(=O)C(c2cn3c4c(cccc24)CCC3)=C1c1c[nH]c2ccccc12.O=C1CC(=O)[C@@H](c2cn3c4c(cccc24)CCC3)[C@@H]1c1c[nH]c2ccccc12.O=C1CC(=O)[C@@H](c2cn3c4c(cccc24)CCC3)[C@H]1c1c[nH]c2ccccc12.O=C1CC(=O)[C@@H](c2cn3c4c(cccc24)CCC3)[C@H]1c1c[nH]c2ccccc12.O=C1CC(=O)[C@H](c2cn3c4c(cccc24)CCC3)[C@H]1c1c[nH]c2ccccc12.[CH3-].[Pd]. The smallest absolute Gasteiger partial charge is 0.172 e. The molecule has 15 heterocycles. The Morgan fingerprint density at radius 2 is 0.431 bits per heavy atom. The van der Waals surface area contributed by atoms with Gasteiger partial charge in [-0.15, -0.1) is 0 Å². The molecule has 22 nitrogen and oxygen atoms in total. The maximum absolute atomic E-state index is 13.0. The molecular formula is C121H105N10O12Pd-. The molecule has 0 radical (unpaired) electrons. The number of aromatic amines is 5. The first-order valence-corrected chi connectivity index (χ1v) is 49.5. The van der Waals surface area contributed by atoms with E-state index < -0.39 is 47.3 Å². The summed E-state index contributed by atoms with van der Waals surface area (Å²) in [6, 6.07) is 71.7. The minimum atomic E-state index is -0.410. The Morgan fingerprint density at radius 3 is 0.715 bits per heavy atom. The zero-order chi connectivity index (χ0) is 94.1. The van der Waals surface area contributed by atoms with Crippen LogP contribution < -0.4 is 0 Å². The van der Waals surface area contributed by atoms with E-state index in [4.69, 9.17) is 0 Å². The summed E-state index contributed by atoms with van der Waals surface area (Å²) in [5.41, 5.74) is 28.6. The van der Waals surface area contributed by atoms with E-state index in [9.17, 15) is 47.9 Å². The Hall–Kier alpha value is -15.4. The number of allylic oxidation sites excluding steroid dienone is 2. The Kier molecular flexibility index (Phi) is 24.2. The minimum absolute atomic E-state index is 0. The van der Waals surface area contributed by atoms with Crippen molar-refractivity contribution in [3.05, 3.63) is 365 Å². The van der Waals surface area contributed by atoms with Gasteiger partial charge in [0.15, 0.2) is 11.6 Å². The van der Waals surface area contributed by atoms with E-state index in [0.717, 1.165) is 234 Å². The first-order chi connectivity index (χ1) is 68.6. The summed E-state index contributed by atoms with van der Waals surface area (Å²) < 4.78 is 11.4. The Balaban J connectivity index is 0.000000102. The average molecular weight is 2000 g/mol. The van der Waals surface area contributed by atoms with Crippen LogP contribution in [0.4, 0.5) is 0 Å². The van der Waals surface area contributed by atoms with Crippen LogP contribution >= 0.6 is 0 Å². The maximum Gasteiger partial charge on any atom is 0.172 e. The number of hydrogen-bond donors (Lipinski definition) is 5. The molecule has 144 heavy (non-hydrogen) atoms. The van der Waals surface area contributed by atoms with E-state index in [0.29, 0.717) is 11.1 Å². The first kappa shape index (κ1) is 93.6. The standard InChI is InChI=1S/4C24H20N2O2.C24H18N2O2.CH3.2H2O.Pd/c5*27-20-11-21(28)23(22(20)17-12-25-19-9-2-1-7-15(17)19)18-13-26-10-4-6-14-5-3-8-16(18)24(14)26;;;;/h4*1-3,5,7-9,12-13,22-23,25H,4,6,10-11H2;1-3,5,7-9,12-13,25H,4,6,10-11H2;1H3;2*1H2;/q;;;;;-1;;;/t2*22-,23+;2*22-,23-;;;;;/m0010...../s1. The largest absolute Gasteiger partial charge is 0.412 e. The quantitative estimate of drug-likeness (QED) is 0.0489. The van der Waals surface area contributed by atoms with Gasteiger partial charge in [-0.05, 0) is 167 Å². The fourth-order valence-electron chi connectivity index (χ4n) is 26.3. The van der Waals surface area contributed by atoms with Crippen LogP contribution in [-0.2, 0) is 133 Å². The molecule has 9 N–H and O–H groups in total. The zero-order valence-corrected chi connectivity index (χ0v) is 80.9. The van der Waals surface area contributed by atoms with Crippen molar-refractivity contribution in [2.24, 2.45) is 0 Å². The molecule has 4 saturated carbocycles. The second-order valence-electron chi connectivity index (χ2n) is 39.9. The van der Waals surface area contributed by atoms with Crippen molar-refractivity contribution in [2.45, 2.75) is 176 Å². The van der Waals surface area contributed by atoms with Crippen LogP contribution in [0.2, 0.25) is 0 Å². The van der Waals surface area contributed by atoms with Crippen molar-refractivity contribution >= 4 is 178 Å². The summed E-state index contributed by atoms with van der Waals surface area (Å²) in [6.45, 7) is 4.84. The number of fused-ring (bicyclic) bond motifs is 5. The van der Waals surface area contributed by atoms with Crippen molar-refractivity contribution < 1.29 is 79.3 Å². The molecule has 0 saturated heterocycles. The van der Waals surface area contributed by atoms with E-state index >= 15 is 0 Å². The van der Waals surface area contributed by atoms with Crippen LogP contribution in [0.15, 0.2) is 274 Å². The van der Waals surface area contributed by atoms with Crippen LogP contribution in [0, 0.1) is 7.43 Å². The molecule has 0 bridgehead atoms. The van der Waals surface area contributed by atoms with Crippen LogP contribution in [0.3, 0.4) is 0 Å². The second kappa shape index (κ2) is 37.2. The zero-order valence-electron chi connectivity index (χ0n) is 79.4. The molecule has 10 aromatic heterocycles. The molecule has 20 aromatic rings. The number of nitrogens with one attached hydrogen (secondary N) is 5. The number of H-pyrrole nitrogens is 5. The normalized spacial score (nSPS) is 20.2. The minimum Gasteiger partial charge on any atom is -0.412 e. The van der Waals surface area contributed by atoms with Crippen molar-refractivity contribution in [1.29, 1.82) is 0 Å². The maximum atomic E-state index is 13.0. The van der Waals surface area contributed by atoms with E-state index in [-0.39, 0.29) is 129 Å². The molecule has 0 amide bonds. The molecule has 5 aliphatic carbocycles. The monoisotopic (exact) mass is 2000 g/mol. The number of ketones is 10. The Labute approximate surface area is 841 Å². The fraction of sp³-hybridized carbons (Fsp3) is 0.231. The van der Waals surface area contributed by atoms with Crippen molar-refractivity contribution in [3.63, 3.8) is 0 Å². The van der Waals surface area contributed by atoms with Gasteiger partial charge >= 0.3 is 0 Å². The first-order valence-electron chi connectivity index (χ1n) is 49.5. The molecule has 4 fully saturated rings. The third-order valence-corrected chi connectivity index (χ3v) is 32.2. The van der Waals surface area contributed by atoms with Gasteiger partial charge in [0, 0.05) is 219 Å². The van der Waals surface area contributed by atoms with Crippen LogP contribution in [0.25, 0.3) is 120 Å². The summed E-state index contributed by atoms with van der Waals surface area (Å²) in [5.74, 6) is -3.08. The van der Waals surface area contributed by atoms with Gasteiger partial charge in [-0.3, -0.25) is 47.9 Å². The second-order valence-corrected chi connectivity index (χ2v) is 39.9. The number of rotatable bonds is 10. The molecule has 5 aliphatic heterocycles. The van der Waals surface area contributed by atoms with E-state index in [1.165, 1.54) is 55.4 Å². The number of aromatic nitrogens is 10. The summed E-state index contributed by atoms with van der Waals surface area (Å²) in [7, 11) is 0. The Bertz CT molecular complexity index is 8020. The summed E-state index contributed by atoms with van der Waals surface area (Å²) in [5, 5.41) is 10.7. The van der Waals surface area contributed by atoms with Gasteiger partial charge in [0.25, 0.3) is 0 Å². The number of aryl methyl sites for hydroxylation is 10. The Morgan fingerprint density at radius 1 is 0.215 bits per heavy atom. The van der Waals surface area contributed by atoms with Gasteiger partial charge in [0.2, 0.25) is 0 Å². The average Bonchev–Trinajstić information content (AvgIpc) is 1.59. The van der Waals surface area contributed by atoms with Crippen molar-refractivity contribution in [3.8, 4) is 0 Å². The number of nitrogens with zero attached hydrogens (tertiary/aromatic N) is 5. The van der Waals surface area contributed by atoms with Crippen LogP contribution in [-0.4, -0.2) is 117 Å². The van der Waals surface area contributed by atoms with Crippen molar-refractivity contribution in [1.82, 2.24) is 47.8 Å². The third kappa shape index (κ3) is 15.0. The number of hydrogen-bond acceptors (Lipinski definition) is 10. The summed E-state index contributed by atoms with van der Waals surface area (Å²) >= 11 is 0. The van der Waals surface area contributed by atoms with Gasteiger partial charge < -0.3 is 66.1 Å². The molecule has 0 unspecified atom stereocenters. The van der Waals surface area contributed by atoms with E-state index in [1.807, 2.05) is 152 Å². The molecule has 722 valence electrons. The molecule has 10 aliphatic rings. The number of Topliss-reactive ketones (excluding diaryl/α,β-unsaturated/α-hetero) is 10. The molecule has 30 rings (SSSR count). The number of para-hydroxylation sites is 10. The predicted octanol–water partition coefficient (Wildman–Crippen LogP) is 21.2. The van der Waals surface area contributed by atoms with Crippen LogP contribution in [0.1, 0.15) is 195 Å².